The molecule has 0 spiro atoms. The topological polar surface area (TPSA) is 91.7 Å². The zero-order valence-corrected chi connectivity index (χ0v) is 21.6. The maximum absolute atomic E-state index is 13.7. The van der Waals surface area contributed by atoms with Crippen molar-refractivity contribution >= 4 is 33.8 Å². The molecule has 4 heterocycles. The lowest BCUT2D eigenvalue weighted by Crippen LogP contribution is -2.35. The summed E-state index contributed by atoms with van der Waals surface area (Å²) in [4.78, 5) is 36.8. The third-order valence-corrected chi connectivity index (χ3v) is 7.36. The number of H-pyrrole nitrogens is 1. The normalized spacial score (nSPS) is 14.4. The van der Waals surface area contributed by atoms with Gasteiger partial charge in [-0.1, -0.05) is 23.7 Å². The number of hydrogen-bond donors (Lipinski definition) is 2. The lowest BCUT2D eigenvalue weighted by atomic mass is 10.0. The SMILES string of the molecule is O=C(NCc1ccc(Cl)cc1)c1cn2c(CCc3ncc[nH]3)cc3cc(CN4CCOCC4)cc(c1=O)c32. The number of amides is 1. The van der Waals surface area contributed by atoms with E-state index in [1.165, 1.54) is 0 Å². The van der Waals surface area contributed by atoms with Gasteiger partial charge in [-0.15, -0.1) is 0 Å². The summed E-state index contributed by atoms with van der Waals surface area (Å²) in [6, 6.07) is 13.5. The van der Waals surface area contributed by atoms with Gasteiger partial charge in [0.15, 0.2) is 0 Å². The van der Waals surface area contributed by atoms with E-state index >= 15 is 0 Å². The Morgan fingerprint density at radius 2 is 1.89 bits per heavy atom. The Bertz CT molecular complexity index is 1620. The number of aromatic nitrogens is 3. The molecule has 1 aliphatic rings. The number of carbonyl (C=O) groups excluding carboxylic acids is 1. The van der Waals surface area contributed by atoms with Crippen molar-refractivity contribution in [3.8, 4) is 0 Å². The summed E-state index contributed by atoms with van der Waals surface area (Å²) >= 11 is 5.98. The maximum atomic E-state index is 13.7. The Balaban J connectivity index is 1.38. The fourth-order valence-corrected chi connectivity index (χ4v) is 5.29. The number of hydrogen-bond acceptors (Lipinski definition) is 5. The molecule has 0 bridgehead atoms. The predicted molar refractivity (Wildman–Crippen MR) is 147 cm³/mol. The Labute approximate surface area is 224 Å². The number of rotatable bonds is 8. The van der Waals surface area contributed by atoms with Crippen LogP contribution in [-0.4, -0.2) is 51.5 Å². The van der Waals surface area contributed by atoms with Crippen LogP contribution in [0.3, 0.4) is 0 Å². The summed E-state index contributed by atoms with van der Waals surface area (Å²) in [6.45, 7) is 4.17. The first-order chi connectivity index (χ1) is 18.5. The second kappa shape index (κ2) is 10.6. The van der Waals surface area contributed by atoms with Gasteiger partial charge >= 0.3 is 0 Å². The van der Waals surface area contributed by atoms with E-state index in [0.717, 1.165) is 59.6 Å². The second-order valence-electron chi connectivity index (χ2n) is 9.69. The number of aryl methyl sites for hydroxylation is 2. The molecular weight excluding hydrogens is 502 g/mol. The van der Waals surface area contributed by atoms with Crippen molar-refractivity contribution in [2.75, 3.05) is 26.3 Å². The number of aromatic amines is 1. The molecule has 0 atom stereocenters. The summed E-state index contributed by atoms with van der Waals surface area (Å²) in [5, 5.41) is 5.11. The second-order valence-corrected chi connectivity index (χ2v) is 10.1. The molecule has 1 fully saturated rings. The number of carbonyl (C=O) groups is 1. The minimum absolute atomic E-state index is 0.131. The van der Waals surface area contributed by atoms with Gasteiger partial charge in [-0.3, -0.25) is 14.5 Å². The monoisotopic (exact) mass is 529 g/mol. The number of ether oxygens (including phenoxy) is 1. The molecule has 6 rings (SSSR count). The lowest BCUT2D eigenvalue weighted by Gasteiger charge is -2.26. The number of imidazole rings is 1. The molecule has 0 unspecified atom stereocenters. The van der Waals surface area contributed by atoms with Gasteiger partial charge in [0.25, 0.3) is 5.91 Å². The van der Waals surface area contributed by atoms with Crippen LogP contribution in [0.2, 0.25) is 5.02 Å². The van der Waals surface area contributed by atoms with E-state index in [-0.39, 0.29) is 11.0 Å². The molecule has 38 heavy (non-hydrogen) atoms. The van der Waals surface area contributed by atoms with Gasteiger partial charge < -0.3 is 19.4 Å². The van der Waals surface area contributed by atoms with Crippen molar-refractivity contribution in [1.82, 2.24) is 24.6 Å². The van der Waals surface area contributed by atoms with Crippen molar-refractivity contribution in [2.45, 2.75) is 25.9 Å². The van der Waals surface area contributed by atoms with E-state index in [1.807, 2.05) is 28.8 Å². The van der Waals surface area contributed by atoms with Crippen molar-refractivity contribution in [3.05, 3.63) is 105 Å². The minimum Gasteiger partial charge on any atom is -0.379 e. The zero-order chi connectivity index (χ0) is 26.1. The van der Waals surface area contributed by atoms with Crippen LogP contribution in [-0.2, 0) is 30.7 Å². The van der Waals surface area contributed by atoms with Crippen LogP contribution in [0.4, 0.5) is 0 Å². The molecule has 194 valence electrons. The number of halogens is 1. The van der Waals surface area contributed by atoms with Crippen LogP contribution >= 0.6 is 11.6 Å². The quantitative estimate of drug-likeness (QED) is 0.319. The van der Waals surface area contributed by atoms with Crippen LogP contribution in [0.25, 0.3) is 16.3 Å². The first-order valence-electron chi connectivity index (χ1n) is 12.8. The van der Waals surface area contributed by atoms with E-state index in [1.54, 1.807) is 24.5 Å². The van der Waals surface area contributed by atoms with Gasteiger partial charge in [-0.05, 0) is 47.9 Å². The Morgan fingerprint density at radius 1 is 1.08 bits per heavy atom. The number of pyridine rings is 1. The van der Waals surface area contributed by atoms with E-state index in [9.17, 15) is 9.59 Å². The highest BCUT2D eigenvalue weighted by atomic mass is 35.5. The summed E-state index contributed by atoms with van der Waals surface area (Å²) < 4.78 is 7.50. The Kier molecular flexibility index (Phi) is 6.84. The van der Waals surface area contributed by atoms with Crippen LogP contribution in [0, 0.1) is 0 Å². The smallest absolute Gasteiger partial charge is 0.257 e. The Hall–Kier alpha value is -3.72. The summed E-state index contributed by atoms with van der Waals surface area (Å²) in [6.07, 6.45) is 6.68. The first-order valence-corrected chi connectivity index (χ1v) is 13.2. The lowest BCUT2D eigenvalue weighted by molar-refractivity contribution is 0.0342. The van der Waals surface area contributed by atoms with Gasteiger partial charge in [0.2, 0.25) is 5.43 Å². The predicted octanol–water partition coefficient (Wildman–Crippen LogP) is 3.81. The Morgan fingerprint density at radius 3 is 2.66 bits per heavy atom. The number of nitrogens with zero attached hydrogens (tertiary/aromatic N) is 3. The number of morpholine rings is 1. The van der Waals surface area contributed by atoms with E-state index in [2.05, 4.69) is 32.3 Å². The molecule has 2 aromatic carbocycles. The number of benzene rings is 2. The minimum atomic E-state index is -0.395. The first kappa shape index (κ1) is 24.6. The third kappa shape index (κ3) is 5.03. The molecule has 2 N–H and O–H groups in total. The van der Waals surface area contributed by atoms with Crippen LogP contribution in [0.15, 0.2) is 65.8 Å². The molecule has 3 aromatic heterocycles. The largest absolute Gasteiger partial charge is 0.379 e. The molecule has 5 aromatic rings. The molecule has 9 heteroatoms. The summed E-state index contributed by atoms with van der Waals surface area (Å²) in [5.74, 6) is 0.501. The third-order valence-electron chi connectivity index (χ3n) is 7.11. The average molecular weight is 530 g/mol. The highest BCUT2D eigenvalue weighted by molar-refractivity contribution is 6.30. The highest BCUT2D eigenvalue weighted by Gasteiger charge is 2.20. The molecule has 1 aliphatic heterocycles. The van der Waals surface area contributed by atoms with Gasteiger partial charge in [0.05, 0.1) is 18.7 Å². The molecular formula is C29H28ClN5O3. The fraction of sp³-hybridized carbons (Fsp3) is 0.276. The van der Waals surface area contributed by atoms with Crippen LogP contribution in [0.5, 0.6) is 0 Å². The van der Waals surface area contributed by atoms with E-state index in [0.29, 0.717) is 36.6 Å². The van der Waals surface area contributed by atoms with E-state index in [4.69, 9.17) is 16.3 Å². The van der Waals surface area contributed by atoms with E-state index < -0.39 is 5.91 Å². The molecule has 1 amide bonds. The fourth-order valence-electron chi connectivity index (χ4n) is 5.17. The molecule has 0 saturated carbocycles. The summed E-state index contributed by atoms with van der Waals surface area (Å²) in [5.41, 5.74) is 3.71. The molecule has 0 aliphatic carbocycles. The highest BCUT2D eigenvalue weighted by Crippen LogP contribution is 2.27. The van der Waals surface area contributed by atoms with Gasteiger partial charge in [0.1, 0.15) is 11.4 Å². The molecule has 8 nitrogen and oxygen atoms in total. The van der Waals surface area contributed by atoms with Crippen molar-refractivity contribution in [2.24, 2.45) is 0 Å². The van der Waals surface area contributed by atoms with Crippen LogP contribution < -0.4 is 10.7 Å². The maximum Gasteiger partial charge on any atom is 0.257 e. The number of nitrogens with one attached hydrogen (secondary N) is 2. The van der Waals surface area contributed by atoms with Crippen molar-refractivity contribution < 1.29 is 9.53 Å². The van der Waals surface area contributed by atoms with Gasteiger partial charge in [-0.2, -0.15) is 0 Å². The van der Waals surface area contributed by atoms with Crippen LogP contribution in [0.1, 0.15) is 33.0 Å². The molecule has 1 saturated heterocycles. The van der Waals surface area contributed by atoms with Gasteiger partial charge in [-0.25, -0.2) is 4.98 Å². The summed E-state index contributed by atoms with van der Waals surface area (Å²) in [7, 11) is 0. The standard InChI is InChI=1S/C29H28ClN5O3/c30-22-3-1-19(2-4-22)16-33-29(37)25-18-35-23(5-6-26-31-7-8-32-26)15-21-13-20(14-24(27(21)35)28(25)36)17-34-9-11-38-12-10-34/h1-4,7-8,13-15,18H,5-6,9-12,16-17H2,(H,31,32)(H,33,37). The van der Waals surface area contributed by atoms with Crippen molar-refractivity contribution in [3.63, 3.8) is 0 Å². The van der Waals surface area contributed by atoms with Crippen molar-refractivity contribution in [1.29, 1.82) is 0 Å². The zero-order valence-electron chi connectivity index (χ0n) is 20.9. The molecule has 0 radical (unpaired) electrons. The average Bonchev–Trinajstić information content (AvgIpc) is 3.57. The van der Waals surface area contributed by atoms with Gasteiger partial charge in [0, 0.05) is 72.7 Å².